The fourth-order valence-electron chi connectivity index (χ4n) is 1.02. The molecule has 0 aromatic rings. The Bertz CT molecular complexity index is 721. The molecular formula is C14H25NO3S. The molecule has 2 aliphatic carbocycles. The van der Waals surface area contributed by atoms with Crippen LogP contribution < -0.4 is 0 Å². The van der Waals surface area contributed by atoms with E-state index in [1.54, 1.807) is 13.8 Å². The summed E-state index contributed by atoms with van der Waals surface area (Å²) in [5.74, 6) is 0. The SMILES string of the molecule is [2H]C([2H])(C#N)C([2H])([2H])C1(C)CC1.[2H]C([2H])(OS(C)(=O)=O)C([2H])([2H])C1(C)CC1. The molecule has 0 atom stereocenters. The van der Waals surface area contributed by atoms with E-state index in [1.807, 2.05) is 0 Å². The third-order valence-corrected chi connectivity index (χ3v) is 3.35. The van der Waals surface area contributed by atoms with Gasteiger partial charge in [-0.05, 0) is 49.3 Å². The van der Waals surface area contributed by atoms with Crippen molar-refractivity contribution < 1.29 is 23.6 Å². The molecule has 0 unspecified atom stereocenters. The predicted octanol–water partition coefficient (Wildman–Crippen LogP) is 3.24. The quantitative estimate of drug-likeness (QED) is 0.705. The highest BCUT2D eigenvalue weighted by atomic mass is 32.2. The van der Waals surface area contributed by atoms with Gasteiger partial charge < -0.3 is 0 Å². The van der Waals surface area contributed by atoms with Crippen molar-refractivity contribution >= 4 is 10.1 Å². The average molecular weight is 295 g/mol. The molecule has 2 fully saturated rings. The minimum Gasteiger partial charge on any atom is -0.270 e. The Labute approximate surface area is 128 Å². The Balaban J connectivity index is 0.000000277. The highest BCUT2D eigenvalue weighted by molar-refractivity contribution is 7.85. The lowest BCUT2D eigenvalue weighted by Gasteiger charge is -2.06. The van der Waals surface area contributed by atoms with E-state index in [4.69, 9.17) is 16.2 Å². The molecule has 0 aromatic heterocycles. The fraction of sp³-hybridized carbons (Fsp3) is 0.929. The molecule has 0 bridgehead atoms. The molecule has 2 saturated carbocycles. The first-order valence-corrected chi connectivity index (χ1v) is 7.82. The fourth-order valence-corrected chi connectivity index (χ4v) is 1.22. The smallest absolute Gasteiger partial charge is 0.264 e. The third kappa shape index (κ3) is 8.22. The van der Waals surface area contributed by atoms with Crippen molar-refractivity contribution in [2.75, 3.05) is 12.8 Å². The van der Waals surface area contributed by atoms with Gasteiger partial charge in [-0.25, -0.2) is 0 Å². The molecule has 0 aliphatic heterocycles. The van der Waals surface area contributed by atoms with Gasteiger partial charge in [0.05, 0.1) is 21.6 Å². The van der Waals surface area contributed by atoms with E-state index in [1.165, 1.54) is 6.07 Å². The molecule has 2 aliphatic rings. The van der Waals surface area contributed by atoms with Crippen molar-refractivity contribution in [1.29, 1.82) is 5.26 Å². The standard InChI is InChI=1S/C7H11N.C7H14O3S/c1-7(4-5-7)3-2-6-8;1-7(3-4-7)5-6-10-11(2,8)9/h2-5H2,1H3;3-6H2,1-2H3/i2D2,3D2;5D2,6D2. The lowest BCUT2D eigenvalue weighted by molar-refractivity contribution is 0.283. The van der Waals surface area contributed by atoms with Gasteiger partial charge in [-0.3, -0.25) is 4.18 Å². The highest BCUT2D eigenvalue weighted by Gasteiger charge is 2.37. The summed E-state index contributed by atoms with van der Waals surface area (Å²) in [4.78, 5) is 0. The molecular weight excluding hydrogens is 262 g/mol. The molecule has 0 heterocycles. The van der Waals surface area contributed by atoms with Crippen molar-refractivity contribution in [2.24, 2.45) is 10.8 Å². The minimum absolute atomic E-state index is 0.534. The monoisotopic (exact) mass is 295 g/mol. The molecule has 19 heavy (non-hydrogen) atoms. The van der Waals surface area contributed by atoms with Crippen LogP contribution in [0.4, 0.5) is 0 Å². The molecule has 0 aromatic carbocycles. The minimum atomic E-state index is -4.01. The van der Waals surface area contributed by atoms with E-state index in [0.29, 0.717) is 31.9 Å². The Hall–Kier alpha value is -0.600. The summed E-state index contributed by atoms with van der Waals surface area (Å²) in [6.07, 6.45) is -3.62. The number of nitrogens with zero attached hydrogens (tertiary/aromatic N) is 1. The molecule has 0 N–H and O–H groups in total. The average Bonchev–Trinajstić information content (AvgIpc) is 3.36. The summed E-state index contributed by atoms with van der Waals surface area (Å²) in [6.45, 7) is 0.435. The lowest BCUT2D eigenvalue weighted by atomic mass is 10.0. The highest BCUT2D eigenvalue weighted by Crippen LogP contribution is 2.48. The molecule has 2 rings (SSSR count). The van der Waals surface area contributed by atoms with Crippen LogP contribution in [0.15, 0.2) is 0 Å². The lowest BCUT2D eigenvalue weighted by Crippen LogP contribution is -2.07. The van der Waals surface area contributed by atoms with E-state index in [0.717, 1.165) is 0 Å². The second kappa shape index (κ2) is 6.23. The maximum atomic E-state index is 10.8. The van der Waals surface area contributed by atoms with Crippen LogP contribution >= 0.6 is 0 Å². The molecule has 5 heteroatoms. The van der Waals surface area contributed by atoms with Gasteiger partial charge in [0.1, 0.15) is 0 Å². The Morgan fingerprint density at radius 2 is 1.68 bits per heavy atom. The number of hydrogen-bond donors (Lipinski definition) is 0. The first-order chi connectivity index (χ1) is 11.7. The van der Waals surface area contributed by atoms with Gasteiger partial charge in [0.25, 0.3) is 10.1 Å². The Kier molecular flexibility index (Phi) is 2.62. The maximum Gasteiger partial charge on any atom is 0.264 e. The summed E-state index contributed by atoms with van der Waals surface area (Å²) < 4.78 is 85.2. The number of rotatable bonds is 6. The van der Waals surface area contributed by atoms with Gasteiger partial charge in [-0.15, -0.1) is 0 Å². The van der Waals surface area contributed by atoms with Gasteiger partial charge in [0, 0.05) is 14.6 Å². The second-order valence-electron chi connectivity index (χ2n) is 5.50. The second-order valence-corrected chi connectivity index (χ2v) is 7.07. The van der Waals surface area contributed by atoms with E-state index in [2.05, 4.69) is 4.18 Å². The van der Waals surface area contributed by atoms with Crippen LogP contribution in [0.1, 0.15) is 69.6 Å². The summed E-state index contributed by atoms with van der Waals surface area (Å²) in [6, 6.07) is 1.39. The van der Waals surface area contributed by atoms with Crippen LogP contribution in [0.25, 0.3) is 0 Å². The molecule has 0 saturated heterocycles. The topological polar surface area (TPSA) is 67.2 Å². The third-order valence-electron chi connectivity index (χ3n) is 2.97. The molecule has 110 valence electrons. The van der Waals surface area contributed by atoms with Gasteiger partial charge in [-0.2, -0.15) is 13.7 Å². The Morgan fingerprint density at radius 3 is 2.05 bits per heavy atom. The first-order valence-electron chi connectivity index (χ1n) is 10.0. The zero-order chi connectivity index (χ0) is 21.7. The van der Waals surface area contributed by atoms with Gasteiger partial charge in [-0.1, -0.05) is 13.8 Å². The van der Waals surface area contributed by atoms with Crippen LogP contribution in [-0.4, -0.2) is 21.2 Å². The van der Waals surface area contributed by atoms with Crippen molar-refractivity contribution in [3.8, 4) is 6.07 Å². The zero-order valence-electron chi connectivity index (χ0n) is 19.4. The van der Waals surface area contributed by atoms with Crippen LogP contribution in [0, 0.1) is 22.2 Å². The molecule has 0 radical (unpaired) electrons. The van der Waals surface area contributed by atoms with E-state index in [9.17, 15) is 8.42 Å². The predicted molar refractivity (Wildman–Crippen MR) is 74.9 cm³/mol. The van der Waals surface area contributed by atoms with Crippen molar-refractivity contribution in [1.82, 2.24) is 0 Å². The van der Waals surface area contributed by atoms with Crippen molar-refractivity contribution in [3.63, 3.8) is 0 Å². The van der Waals surface area contributed by atoms with Crippen LogP contribution in [-0.2, 0) is 14.3 Å². The summed E-state index contributed by atoms with van der Waals surface area (Å²) >= 11 is 0. The van der Waals surface area contributed by atoms with E-state index in [-0.39, 0.29) is 0 Å². The molecule has 0 spiro atoms. The summed E-state index contributed by atoms with van der Waals surface area (Å²) in [7, 11) is -4.01. The first kappa shape index (κ1) is 7.99. The molecule has 0 amide bonds. The van der Waals surface area contributed by atoms with Gasteiger partial charge in [0.2, 0.25) is 0 Å². The number of hydrogen-bond acceptors (Lipinski definition) is 4. The van der Waals surface area contributed by atoms with Crippen molar-refractivity contribution in [2.45, 2.75) is 58.6 Å². The number of nitriles is 1. The van der Waals surface area contributed by atoms with Crippen molar-refractivity contribution in [3.05, 3.63) is 0 Å². The summed E-state index contributed by atoms with van der Waals surface area (Å²) in [5.41, 5.74) is -1.46. The molecule has 4 nitrogen and oxygen atoms in total. The van der Waals surface area contributed by atoms with Crippen LogP contribution in [0.5, 0.6) is 0 Å². The maximum absolute atomic E-state index is 10.8. The largest absolute Gasteiger partial charge is 0.270 e. The van der Waals surface area contributed by atoms with E-state index < -0.39 is 46.6 Å². The van der Waals surface area contributed by atoms with E-state index >= 15 is 0 Å². The van der Waals surface area contributed by atoms with Crippen LogP contribution in [0.3, 0.4) is 0 Å². The van der Waals surface area contributed by atoms with Gasteiger partial charge in [0.15, 0.2) is 0 Å². The normalized spacial score (nSPS) is 31.1. The Morgan fingerprint density at radius 1 is 1.21 bits per heavy atom. The zero-order valence-corrected chi connectivity index (χ0v) is 12.2. The van der Waals surface area contributed by atoms with Gasteiger partial charge >= 0.3 is 0 Å². The van der Waals surface area contributed by atoms with Crippen LogP contribution in [0.2, 0.25) is 0 Å². The summed E-state index contributed by atoms with van der Waals surface area (Å²) in [5, 5.41) is 8.46.